The number of nitrogens with zero attached hydrogens (tertiary/aromatic N) is 2. The largest absolute Gasteiger partial charge is 0.456 e. The van der Waals surface area contributed by atoms with Crippen molar-refractivity contribution in [3.05, 3.63) is 53.1 Å². The van der Waals surface area contributed by atoms with Gasteiger partial charge in [-0.25, -0.2) is 4.39 Å². The Labute approximate surface area is 157 Å². The molecule has 27 heavy (non-hydrogen) atoms. The van der Waals surface area contributed by atoms with Gasteiger partial charge < -0.3 is 9.30 Å². The molecule has 0 saturated heterocycles. The number of aromatic nitrogens is 1. The van der Waals surface area contributed by atoms with Gasteiger partial charge in [0.15, 0.2) is 12.0 Å². The summed E-state index contributed by atoms with van der Waals surface area (Å²) in [7, 11) is 0. The molecule has 0 N–H and O–H groups in total. The molecule has 140 valence electrons. The number of rotatable bonds is 5. The molecule has 3 rings (SSSR count). The normalized spacial score (nSPS) is 15.3. The second-order valence-electron chi connectivity index (χ2n) is 7.00. The third-order valence-corrected chi connectivity index (χ3v) is 5.21. The van der Waals surface area contributed by atoms with Gasteiger partial charge in [0.1, 0.15) is 5.82 Å². The van der Waals surface area contributed by atoms with Crippen molar-refractivity contribution in [2.75, 3.05) is 6.61 Å². The van der Waals surface area contributed by atoms with Gasteiger partial charge in [0.05, 0.1) is 6.07 Å². The summed E-state index contributed by atoms with van der Waals surface area (Å²) in [5, 5.41) is 9.33. The van der Waals surface area contributed by atoms with Gasteiger partial charge in [-0.1, -0.05) is 12.8 Å². The molecule has 0 aliphatic heterocycles. The molecule has 0 bridgehead atoms. The number of benzene rings is 1. The van der Waals surface area contributed by atoms with E-state index in [1.54, 1.807) is 25.1 Å². The number of hydrogen-bond acceptors (Lipinski definition) is 4. The van der Waals surface area contributed by atoms with Crippen LogP contribution < -0.4 is 0 Å². The van der Waals surface area contributed by atoms with Crippen LogP contribution >= 0.6 is 0 Å². The van der Waals surface area contributed by atoms with Crippen molar-refractivity contribution in [2.45, 2.75) is 39.5 Å². The van der Waals surface area contributed by atoms with Crippen LogP contribution in [0.15, 0.2) is 30.3 Å². The third-order valence-electron chi connectivity index (χ3n) is 5.21. The average molecular weight is 368 g/mol. The van der Waals surface area contributed by atoms with Crippen LogP contribution in [0.2, 0.25) is 0 Å². The van der Waals surface area contributed by atoms with E-state index in [-0.39, 0.29) is 11.6 Å². The Morgan fingerprint density at radius 2 is 1.85 bits per heavy atom. The monoisotopic (exact) mass is 368 g/mol. The van der Waals surface area contributed by atoms with E-state index in [2.05, 4.69) is 6.07 Å². The number of hydrogen-bond donors (Lipinski definition) is 0. The highest BCUT2D eigenvalue weighted by atomic mass is 19.1. The Kier molecular flexibility index (Phi) is 5.13. The van der Waals surface area contributed by atoms with Crippen molar-refractivity contribution in [1.82, 2.24) is 4.57 Å². The van der Waals surface area contributed by atoms with Gasteiger partial charge in [-0.15, -0.1) is 0 Å². The highest BCUT2D eigenvalue weighted by Gasteiger charge is 2.43. The molecular formula is C21H21FN2O3. The molecule has 6 heteroatoms. The highest BCUT2D eigenvalue weighted by Crippen LogP contribution is 2.38. The maximum absolute atomic E-state index is 13.2. The first kappa shape index (κ1) is 18.8. The molecule has 0 unspecified atom stereocenters. The smallest absolute Gasteiger partial charge is 0.326 e. The number of ether oxygens (including phenoxy) is 1. The predicted molar refractivity (Wildman–Crippen MR) is 97.0 cm³/mol. The van der Waals surface area contributed by atoms with E-state index in [1.165, 1.54) is 12.1 Å². The van der Waals surface area contributed by atoms with Crippen molar-refractivity contribution in [2.24, 2.45) is 5.41 Å². The van der Waals surface area contributed by atoms with Crippen LogP contribution in [0.4, 0.5) is 4.39 Å². The molecule has 0 atom stereocenters. The molecule has 1 aliphatic rings. The van der Waals surface area contributed by atoms with Crippen molar-refractivity contribution >= 4 is 11.8 Å². The fourth-order valence-corrected chi connectivity index (χ4v) is 3.72. The van der Waals surface area contributed by atoms with Crippen molar-refractivity contribution in [1.29, 1.82) is 5.26 Å². The zero-order valence-corrected chi connectivity index (χ0v) is 15.4. The van der Waals surface area contributed by atoms with Gasteiger partial charge in [0.2, 0.25) is 5.78 Å². The number of Topliss-reactive ketones (excluding diaryl/α,β-unsaturated/α-hetero) is 1. The summed E-state index contributed by atoms with van der Waals surface area (Å²) in [6.45, 7) is 3.25. The molecular weight excluding hydrogens is 347 g/mol. The lowest BCUT2D eigenvalue weighted by Crippen LogP contribution is -2.30. The number of aryl methyl sites for hydroxylation is 1. The summed E-state index contributed by atoms with van der Waals surface area (Å²) < 4.78 is 20.2. The summed E-state index contributed by atoms with van der Waals surface area (Å²) >= 11 is 0. The van der Waals surface area contributed by atoms with Gasteiger partial charge in [-0.05, 0) is 57.0 Å². The summed E-state index contributed by atoms with van der Waals surface area (Å²) in [5.41, 5.74) is 1.60. The second-order valence-corrected chi connectivity index (χ2v) is 7.00. The summed E-state index contributed by atoms with van der Waals surface area (Å²) in [5.74, 6) is -1.26. The zero-order chi connectivity index (χ0) is 19.6. The Morgan fingerprint density at radius 3 is 2.44 bits per heavy atom. The van der Waals surface area contributed by atoms with E-state index in [1.807, 2.05) is 11.5 Å². The number of esters is 1. The molecule has 0 amide bonds. The fraction of sp³-hybridized carbons (Fsp3) is 0.381. The molecule has 1 heterocycles. The number of nitriles is 1. The standard InChI is InChI=1S/C21H21FN2O3/c1-14-11-18(15(2)24(14)17-7-5-16(22)6-8-17)19(25)12-27-20(26)21(13-23)9-3-4-10-21/h5-8,11H,3-4,9-10,12H2,1-2H3. The van der Waals surface area contributed by atoms with Crippen LogP contribution in [-0.2, 0) is 9.53 Å². The van der Waals surface area contributed by atoms with Crippen LogP contribution in [-0.4, -0.2) is 22.9 Å². The lowest BCUT2D eigenvalue weighted by Gasteiger charge is -2.17. The van der Waals surface area contributed by atoms with Crippen LogP contribution in [0.25, 0.3) is 5.69 Å². The summed E-state index contributed by atoms with van der Waals surface area (Å²) in [6.07, 6.45) is 2.59. The first-order chi connectivity index (χ1) is 12.9. The predicted octanol–water partition coefficient (Wildman–Crippen LogP) is 4.04. The highest BCUT2D eigenvalue weighted by molar-refractivity contribution is 5.99. The van der Waals surface area contributed by atoms with E-state index in [4.69, 9.17) is 4.74 Å². The minimum atomic E-state index is -1.11. The lowest BCUT2D eigenvalue weighted by molar-refractivity contribution is -0.151. The summed E-state index contributed by atoms with van der Waals surface area (Å²) in [4.78, 5) is 24.9. The first-order valence-electron chi connectivity index (χ1n) is 8.94. The zero-order valence-electron chi connectivity index (χ0n) is 15.4. The minimum absolute atomic E-state index is 0.323. The van der Waals surface area contributed by atoms with Crippen LogP contribution in [0.1, 0.15) is 47.4 Å². The Morgan fingerprint density at radius 1 is 1.22 bits per heavy atom. The van der Waals surface area contributed by atoms with Gasteiger partial charge >= 0.3 is 5.97 Å². The van der Waals surface area contributed by atoms with E-state index in [9.17, 15) is 19.2 Å². The van der Waals surface area contributed by atoms with E-state index in [0.717, 1.165) is 24.2 Å². The van der Waals surface area contributed by atoms with E-state index in [0.29, 0.717) is 24.1 Å². The number of halogens is 1. The average Bonchev–Trinajstić information content (AvgIpc) is 3.26. The van der Waals surface area contributed by atoms with Crippen molar-refractivity contribution in [3.8, 4) is 11.8 Å². The summed E-state index contributed by atoms with van der Waals surface area (Å²) in [6, 6.07) is 9.80. The van der Waals surface area contributed by atoms with Gasteiger partial charge in [0, 0.05) is 22.6 Å². The van der Waals surface area contributed by atoms with E-state index >= 15 is 0 Å². The van der Waals surface area contributed by atoms with Crippen molar-refractivity contribution in [3.63, 3.8) is 0 Å². The van der Waals surface area contributed by atoms with Gasteiger partial charge in [-0.2, -0.15) is 5.26 Å². The second kappa shape index (κ2) is 7.36. The first-order valence-corrected chi connectivity index (χ1v) is 8.94. The minimum Gasteiger partial charge on any atom is -0.456 e. The molecule has 1 aromatic carbocycles. The van der Waals surface area contributed by atoms with Crippen molar-refractivity contribution < 1.29 is 18.7 Å². The third kappa shape index (κ3) is 3.50. The molecule has 5 nitrogen and oxygen atoms in total. The maximum atomic E-state index is 13.2. The Hall–Kier alpha value is -2.94. The molecule has 1 aromatic heterocycles. The van der Waals surface area contributed by atoms with Gasteiger partial charge in [0.25, 0.3) is 0 Å². The lowest BCUT2D eigenvalue weighted by atomic mass is 9.88. The number of carbonyl (C=O) groups excluding carboxylic acids is 2. The van der Waals surface area contributed by atoms with Gasteiger partial charge in [-0.3, -0.25) is 9.59 Å². The Balaban J connectivity index is 1.76. The van der Waals surface area contributed by atoms with Crippen LogP contribution in [0.5, 0.6) is 0 Å². The number of ketones is 1. The molecule has 0 radical (unpaired) electrons. The molecule has 2 aromatic rings. The molecule has 1 aliphatic carbocycles. The maximum Gasteiger partial charge on any atom is 0.326 e. The molecule has 0 spiro atoms. The Bertz CT molecular complexity index is 916. The number of carbonyl (C=O) groups is 2. The van der Waals surface area contributed by atoms with Crippen LogP contribution in [0.3, 0.4) is 0 Å². The quantitative estimate of drug-likeness (QED) is 0.590. The fourth-order valence-electron chi connectivity index (χ4n) is 3.72. The van der Waals surface area contributed by atoms with Crippen LogP contribution in [0, 0.1) is 36.4 Å². The van der Waals surface area contributed by atoms with E-state index < -0.39 is 18.0 Å². The topological polar surface area (TPSA) is 72.1 Å². The SMILES string of the molecule is Cc1cc(C(=O)COC(=O)C2(C#N)CCCC2)c(C)n1-c1ccc(F)cc1. The molecule has 1 saturated carbocycles. The molecule has 1 fully saturated rings.